The van der Waals surface area contributed by atoms with Crippen LogP contribution in [-0.4, -0.2) is 40.5 Å². The predicted molar refractivity (Wildman–Crippen MR) is 125 cm³/mol. The van der Waals surface area contributed by atoms with Gasteiger partial charge in [0.2, 0.25) is 5.13 Å². The number of hydrogen-bond donors (Lipinski definition) is 1. The second-order valence-electron chi connectivity index (χ2n) is 6.97. The van der Waals surface area contributed by atoms with Gasteiger partial charge < -0.3 is 10.1 Å². The van der Waals surface area contributed by atoms with E-state index in [0.717, 1.165) is 16.2 Å². The lowest BCUT2D eigenvalue weighted by Gasteiger charge is -2.11. The van der Waals surface area contributed by atoms with E-state index in [4.69, 9.17) is 16.3 Å². The summed E-state index contributed by atoms with van der Waals surface area (Å²) < 4.78 is 5.76. The molecule has 9 nitrogen and oxygen atoms in total. The Labute approximate surface area is 204 Å². The monoisotopic (exact) mass is 548 g/mol. The van der Waals surface area contributed by atoms with Crippen molar-refractivity contribution in [2.24, 2.45) is 0 Å². The Morgan fingerprint density at radius 1 is 1.12 bits per heavy atom. The molecule has 2 aromatic carbocycles. The summed E-state index contributed by atoms with van der Waals surface area (Å²) in [6.07, 6.45) is 0. The quantitative estimate of drug-likeness (QED) is 0.375. The normalized spacial score (nSPS) is 12.7. The van der Waals surface area contributed by atoms with Crippen molar-refractivity contribution in [3.8, 4) is 0 Å². The Hall–Kier alpha value is -3.15. The first-order valence-electron chi connectivity index (χ1n) is 9.42. The van der Waals surface area contributed by atoms with Crippen LogP contribution in [0.5, 0.6) is 0 Å². The highest BCUT2D eigenvalue weighted by atomic mass is 79.9. The molecule has 12 heteroatoms. The van der Waals surface area contributed by atoms with Crippen LogP contribution in [0, 0.1) is 13.8 Å². The van der Waals surface area contributed by atoms with Crippen molar-refractivity contribution >= 4 is 73.4 Å². The molecule has 33 heavy (non-hydrogen) atoms. The summed E-state index contributed by atoms with van der Waals surface area (Å²) in [7, 11) is 0. The highest BCUT2D eigenvalue weighted by Crippen LogP contribution is 2.32. The molecule has 4 rings (SSSR count). The molecule has 0 unspecified atom stereocenters. The van der Waals surface area contributed by atoms with Crippen molar-refractivity contribution < 1.29 is 23.9 Å². The Kier molecular flexibility index (Phi) is 6.28. The maximum Gasteiger partial charge on any atom is 0.338 e. The second kappa shape index (κ2) is 9.00. The number of carbonyl (C=O) groups excluding carboxylic acids is 4. The van der Waals surface area contributed by atoms with Crippen LogP contribution in [0.2, 0.25) is 5.02 Å². The molecule has 2 heterocycles. The van der Waals surface area contributed by atoms with E-state index in [1.54, 1.807) is 26.0 Å². The molecule has 0 bridgehead atoms. The maximum atomic E-state index is 12.8. The summed E-state index contributed by atoms with van der Waals surface area (Å²) in [6, 6.07) is 7.35. The van der Waals surface area contributed by atoms with E-state index in [1.807, 2.05) is 0 Å². The number of aryl methyl sites for hydroxylation is 1. The largest absolute Gasteiger partial charge is 0.452 e. The average Bonchev–Trinajstić information content (AvgIpc) is 3.32. The van der Waals surface area contributed by atoms with Crippen molar-refractivity contribution in [2.45, 2.75) is 13.8 Å². The van der Waals surface area contributed by atoms with Crippen LogP contribution in [0.3, 0.4) is 0 Å². The third kappa shape index (κ3) is 4.39. The fourth-order valence-corrected chi connectivity index (χ4v) is 4.39. The van der Waals surface area contributed by atoms with E-state index >= 15 is 0 Å². The van der Waals surface area contributed by atoms with Crippen LogP contribution in [0.4, 0.5) is 10.8 Å². The molecule has 0 atom stereocenters. The van der Waals surface area contributed by atoms with Gasteiger partial charge in [-0.25, -0.2) is 9.69 Å². The highest BCUT2D eigenvalue weighted by Gasteiger charge is 2.39. The Morgan fingerprint density at radius 2 is 1.85 bits per heavy atom. The van der Waals surface area contributed by atoms with Gasteiger partial charge in [0, 0.05) is 10.2 Å². The molecular formula is C21H14BrClN4O5S. The molecule has 0 saturated heterocycles. The number of esters is 1. The van der Waals surface area contributed by atoms with E-state index in [0.29, 0.717) is 25.8 Å². The van der Waals surface area contributed by atoms with Crippen LogP contribution in [-0.2, 0) is 9.53 Å². The van der Waals surface area contributed by atoms with Crippen molar-refractivity contribution in [3.63, 3.8) is 0 Å². The molecule has 168 valence electrons. The maximum absolute atomic E-state index is 12.8. The van der Waals surface area contributed by atoms with Gasteiger partial charge in [-0.15, -0.1) is 10.2 Å². The first kappa shape index (κ1) is 23.0. The molecular weight excluding hydrogens is 536 g/mol. The van der Waals surface area contributed by atoms with Gasteiger partial charge in [0.25, 0.3) is 17.7 Å². The van der Waals surface area contributed by atoms with Crippen LogP contribution in [0.15, 0.2) is 34.8 Å². The molecule has 1 aliphatic heterocycles. The van der Waals surface area contributed by atoms with Crippen LogP contribution < -0.4 is 10.2 Å². The second-order valence-corrected chi connectivity index (χ2v) is 9.36. The Balaban J connectivity index is 1.44. The zero-order chi connectivity index (χ0) is 23.9. The van der Waals surface area contributed by atoms with Crippen LogP contribution >= 0.6 is 38.9 Å². The Bertz CT molecular complexity index is 1340. The third-order valence-electron chi connectivity index (χ3n) is 4.78. The van der Waals surface area contributed by atoms with Gasteiger partial charge in [-0.1, -0.05) is 22.9 Å². The van der Waals surface area contributed by atoms with E-state index in [9.17, 15) is 19.2 Å². The lowest BCUT2D eigenvalue weighted by Crippen LogP contribution is -2.29. The van der Waals surface area contributed by atoms with Gasteiger partial charge in [0.15, 0.2) is 6.61 Å². The molecule has 0 aliphatic carbocycles. The molecule has 0 radical (unpaired) electrons. The van der Waals surface area contributed by atoms with Gasteiger partial charge >= 0.3 is 5.97 Å². The van der Waals surface area contributed by atoms with Gasteiger partial charge in [0.05, 0.1) is 21.7 Å². The highest BCUT2D eigenvalue weighted by molar-refractivity contribution is 9.10. The summed E-state index contributed by atoms with van der Waals surface area (Å²) in [5.74, 6) is -2.53. The van der Waals surface area contributed by atoms with Crippen molar-refractivity contribution in [1.29, 1.82) is 0 Å². The smallest absolute Gasteiger partial charge is 0.338 e. The van der Waals surface area contributed by atoms with Crippen molar-refractivity contribution in [2.75, 3.05) is 16.8 Å². The first-order chi connectivity index (χ1) is 15.7. The number of hydrogen-bond acceptors (Lipinski definition) is 8. The summed E-state index contributed by atoms with van der Waals surface area (Å²) >= 11 is 10.6. The summed E-state index contributed by atoms with van der Waals surface area (Å²) in [4.78, 5) is 51.0. The molecule has 1 aliphatic rings. The molecule has 3 aromatic rings. The number of carbonyl (C=O) groups is 4. The number of fused-ring (bicyclic) bond motifs is 1. The van der Waals surface area contributed by atoms with Gasteiger partial charge in [-0.05, 0) is 65.7 Å². The zero-order valence-corrected chi connectivity index (χ0v) is 20.3. The molecule has 3 amide bonds. The lowest BCUT2D eigenvalue weighted by molar-refractivity contribution is -0.119. The topological polar surface area (TPSA) is 119 Å². The van der Waals surface area contributed by atoms with E-state index in [1.165, 1.54) is 18.2 Å². The summed E-state index contributed by atoms with van der Waals surface area (Å²) in [5.41, 5.74) is 1.36. The van der Waals surface area contributed by atoms with E-state index in [-0.39, 0.29) is 21.8 Å². The minimum absolute atomic E-state index is 0.0286. The third-order valence-corrected chi connectivity index (χ3v) is 6.98. The fourth-order valence-electron chi connectivity index (χ4n) is 3.11. The van der Waals surface area contributed by atoms with Gasteiger partial charge in [-0.3, -0.25) is 14.4 Å². The SMILES string of the molecule is Cc1nnc(N2C(=O)c3ccc(C(=O)OCC(=O)Nc4ccc(Br)c(Cl)c4C)cc3C2=O)s1. The van der Waals surface area contributed by atoms with Crippen LogP contribution in [0.1, 0.15) is 41.6 Å². The van der Waals surface area contributed by atoms with Crippen molar-refractivity contribution in [1.82, 2.24) is 10.2 Å². The zero-order valence-electron chi connectivity index (χ0n) is 17.1. The number of aromatic nitrogens is 2. The molecule has 1 N–H and O–H groups in total. The first-order valence-corrected chi connectivity index (χ1v) is 11.4. The number of ether oxygens (including phenoxy) is 1. The number of amides is 3. The van der Waals surface area contributed by atoms with E-state index < -0.39 is 30.3 Å². The number of nitrogens with one attached hydrogen (secondary N) is 1. The number of benzene rings is 2. The fraction of sp³-hybridized carbons (Fsp3) is 0.143. The number of anilines is 2. The van der Waals surface area contributed by atoms with Crippen LogP contribution in [0.25, 0.3) is 0 Å². The minimum atomic E-state index is -0.816. The standard InChI is InChI=1S/C21H14BrClN4O5S/c1-9-15(6-5-14(22)17(9)23)24-16(28)8-32-20(31)11-3-4-12-13(7-11)19(30)27(18(12)29)21-26-25-10(2)33-21/h3-7H,8H2,1-2H3,(H,24,28). The van der Waals surface area contributed by atoms with Crippen molar-refractivity contribution in [3.05, 3.63) is 67.1 Å². The molecule has 1 aromatic heterocycles. The summed E-state index contributed by atoms with van der Waals surface area (Å²) in [6.45, 7) is 2.90. The number of halogens is 2. The van der Waals surface area contributed by atoms with Gasteiger partial charge in [-0.2, -0.15) is 0 Å². The summed E-state index contributed by atoms with van der Waals surface area (Å²) in [5, 5.41) is 11.5. The predicted octanol–water partition coefficient (Wildman–Crippen LogP) is 4.17. The average molecular weight is 550 g/mol. The van der Waals surface area contributed by atoms with E-state index in [2.05, 4.69) is 31.4 Å². The molecule has 0 spiro atoms. The minimum Gasteiger partial charge on any atom is -0.452 e. The number of nitrogens with zero attached hydrogens (tertiary/aromatic N) is 3. The Morgan fingerprint density at radius 3 is 2.55 bits per heavy atom. The molecule has 0 fully saturated rings. The number of imide groups is 1. The van der Waals surface area contributed by atoms with Gasteiger partial charge in [0.1, 0.15) is 5.01 Å². The molecule has 0 saturated carbocycles. The lowest BCUT2D eigenvalue weighted by atomic mass is 10.1. The number of rotatable bonds is 5.